The molecule has 1 aromatic heterocycles. The number of hydrogen-bond acceptors (Lipinski definition) is 5. The second-order valence-electron chi connectivity index (χ2n) is 9.17. The molecule has 2 amide bonds. The molecule has 2 atom stereocenters. The first-order valence-electron chi connectivity index (χ1n) is 11.8. The van der Waals surface area contributed by atoms with Gasteiger partial charge in [0.25, 0.3) is 0 Å². The summed E-state index contributed by atoms with van der Waals surface area (Å²) in [5.41, 5.74) is 0.794. The zero-order valence-electron chi connectivity index (χ0n) is 20.6. The third-order valence-corrected chi connectivity index (χ3v) is 7.05. The number of likely N-dealkylation sites (tertiary alicyclic amines) is 1. The van der Waals surface area contributed by atoms with Crippen molar-refractivity contribution in [2.24, 2.45) is 0 Å². The number of Topliss-reactive ketones (excluding diaryl/α,β-unsaturated/α-hetero) is 1. The first-order valence-corrected chi connectivity index (χ1v) is 14.0. The van der Waals surface area contributed by atoms with E-state index in [-0.39, 0.29) is 48.2 Å². The maximum Gasteiger partial charge on any atom is 0.362 e. The Kier molecular flexibility index (Phi) is 8.41. The number of ether oxygens (including phenoxy) is 1. The van der Waals surface area contributed by atoms with Crippen molar-refractivity contribution in [2.75, 3.05) is 12.9 Å². The maximum absolute atomic E-state index is 14.4. The molecule has 0 aliphatic carbocycles. The molecule has 0 radical (unpaired) electrons. The molecule has 0 spiro atoms. The smallest absolute Gasteiger partial charge is 0.362 e. The van der Waals surface area contributed by atoms with Crippen molar-refractivity contribution < 1.29 is 42.3 Å². The van der Waals surface area contributed by atoms with Crippen LogP contribution in [0.5, 0.6) is 5.75 Å². The van der Waals surface area contributed by atoms with Gasteiger partial charge in [0.05, 0.1) is 17.1 Å². The highest BCUT2D eigenvalue weighted by Crippen LogP contribution is 2.35. The molecule has 1 aliphatic heterocycles. The number of carbonyl (C=O) groups is 3. The average molecular weight is 584 g/mol. The van der Waals surface area contributed by atoms with Gasteiger partial charge in [0, 0.05) is 41.7 Å². The van der Waals surface area contributed by atoms with Crippen molar-refractivity contribution in [1.29, 1.82) is 0 Å². The highest BCUT2D eigenvalue weighted by Gasteiger charge is 2.39. The summed E-state index contributed by atoms with van der Waals surface area (Å²) >= 11 is 5.77. The number of halogens is 3. The summed E-state index contributed by atoms with van der Waals surface area (Å²) in [7, 11) is -4.45. The van der Waals surface area contributed by atoms with Gasteiger partial charge in [0.15, 0.2) is 12.1 Å². The van der Waals surface area contributed by atoms with Crippen LogP contribution in [-0.4, -0.2) is 62.0 Å². The Hall–Kier alpha value is -3.31. The Balaban J connectivity index is 1.54. The van der Waals surface area contributed by atoms with Crippen LogP contribution < -0.4 is 10.1 Å². The molecule has 14 heteroatoms. The molecule has 4 rings (SSSR count). The summed E-state index contributed by atoms with van der Waals surface area (Å²) in [6.45, 7) is 0.460. The first-order chi connectivity index (χ1) is 18.3. The summed E-state index contributed by atoms with van der Waals surface area (Å²) in [6, 6.07) is 7.59. The Morgan fingerprint density at radius 1 is 1.23 bits per heavy atom. The number of rotatable bonds is 9. The van der Waals surface area contributed by atoms with Gasteiger partial charge in [-0.1, -0.05) is 23.7 Å². The fourth-order valence-electron chi connectivity index (χ4n) is 4.46. The van der Waals surface area contributed by atoms with Crippen LogP contribution >= 0.6 is 19.2 Å². The topological polar surface area (TPSA) is 138 Å². The zero-order chi connectivity index (χ0) is 28.5. The molecule has 39 heavy (non-hydrogen) atoms. The van der Waals surface area contributed by atoms with Crippen molar-refractivity contribution in [3.05, 3.63) is 64.6 Å². The van der Waals surface area contributed by atoms with Crippen LogP contribution in [0.1, 0.15) is 29.3 Å². The van der Waals surface area contributed by atoms with Crippen molar-refractivity contribution in [3.63, 3.8) is 0 Å². The number of carbonyl (C=O) groups excluding carboxylic acids is 3. The molecule has 2 unspecified atom stereocenters. The molecule has 2 aromatic carbocycles. The highest BCUT2D eigenvalue weighted by atomic mass is 35.5. The van der Waals surface area contributed by atoms with E-state index in [1.807, 2.05) is 0 Å². The monoisotopic (exact) mass is 583 g/mol. The number of benzene rings is 2. The predicted molar refractivity (Wildman–Crippen MR) is 138 cm³/mol. The molecule has 3 N–H and O–H groups in total. The number of nitrogens with one attached hydrogen (secondary N) is 1. The number of alkyl halides is 1. The van der Waals surface area contributed by atoms with E-state index in [1.54, 1.807) is 0 Å². The number of fused-ring (bicyclic) bond motifs is 1. The number of nitrogens with zero attached hydrogens (tertiary/aromatic N) is 2. The lowest BCUT2D eigenvalue weighted by molar-refractivity contribution is -0.139. The van der Waals surface area contributed by atoms with Crippen LogP contribution in [0.3, 0.4) is 0 Å². The molecule has 1 saturated heterocycles. The predicted octanol–water partition coefficient (Wildman–Crippen LogP) is 3.41. The van der Waals surface area contributed by atoms with Crippen molar-refractivity contribution in [1.82, 2.24) is 14.8 Å². The Morgan fingerprint density at radius 3 is 2.67 bits per heavy atom. The highest BCUT2D eigenvalue weighted by molar-refractivity contribution is 7.51. The van der Waals surface area contributed by atoms with Crippen LogP contribution in [0, 0.1) is 5.82 Å². The van der Waals surface area contributed by atoms with Gasteiger partial charge in [-0.3, -0.25) is 18.9 Å². The SMILES string of the molecule is CC(=O)c1cn(CC(=O)N2CC(F)CC2C(=O)NCc2cccc(Cl)c2F)c2cc(OCP(=O)(O)O)ccc12. The molecule has 3 aromatic rings. The van der Waals surface area contributed by atoms with E-state index in [4.69, 9.17) is 26.1 Å². The Bertz CT molecular complexity index is 1490. The summed E-state index contributed by atoms with van der Waals surface area (Å²) in [4.78, 5) is 57.6. The van der Waals surface area contributed by atoms with E-state index >= 15 is 0 Å². The minimum Gasteiger partial charge on any atom is -0.481 e. The van der Waals surface area contributed by atoms with Crippen molar-refractivity contribution in [3.8, 4) is 5.75 Å². The van der Waals surface area contributed by atoms with E-state index < -0.39 is 43.8 Å². The molecular formula is C25H25ClF2N3O7P. The third-order valence-electron chi connectivity index (χ3n) is 6.30. The van der Waals surface area contributed by atoms with E-state index in [0.29, 0.717) is 16.5 Å². The van der Waals surface area contributed by atoms with Gasteiger partial charge in [-0.05, 0) is 25.1 Å². The van der Waals surface area contributed by atoms with Gasteiger partial charge in [0.2, 0.25) is 11.8 Å². The van der Waals surface area contributed by atoms with E-state index in [1.165, 1.54) is 54.1 Å². The molecular weight excluding hydrogens is 559 g/mol. The lowest BCUT2D eigenvalue weighted by Crippen LogP contribution is -2.46. The molecule has 0 saturated carbocycles. The Morgan fingerprint density at radius 2 is 1.97 bits per heavy atom. The summed E-state index contributed by atoms with van der Waals surface area (Å²) in [5, 5.41) is 2.90. The van der Waals surface area contributed by atoms with Crippen LogP contribution in [0.25, 0.3) is 10.9 Å². The van der Waals surface area contributed by atoms with Crippen LogP contribution in [0.4, 0.5) is 8.78 Å². The van der Waals surface area contributed by atoms with Gasteiger partial charge in [-0.2, -0.15) is 0 Å². The molecule has 2 heterocycles. The van der Waals surface area contributed by atoms with E-state index in [0.717, 1.165) is 4.90 Å². The van der Waals surface area contributed by atoms with Crippen LogP contribution in [-0.2, 0) is 27.2 Å². The molecule has 1 fully saturated rings. The maximum atomic E-state index is 14.4. The minimum absolute atomic E-state index is 0.100. The lowest BCUT2D eigenvalue weighted by atomic mass is 10.1. The Labute approximate surface area is 226 Å². The van der Waals surface area contributed by atoms with Gasteiger partial charge < -0.3 is 29.3 Å². The van der Waals surface area contributed by atoms with E-state index in [2.05, 4.69) is 5.32 Å². The lowest BCUT2D eigenvalue weighted by Gasteiger charge is -2.24. The quantitative estimate of drug-likeness (QED) is 0.259. The van der Waals surface area contributed by atoms with E-state index in [9.17, 15) is 27.7 Å². The van der Waals surface area contributed by atoms with Crippen LogP contribution in [0.15, 0.2) is 42.6 Å². The van der Waals surface area contributed by atoms with Crippen molar-refractivity contribution >= 4 is 47.7 Å². The number of aromatic nitrogens is 1. The van der Waals surface area contributed by atoms with Gasteiger partial charge in [0.1, 0.15) is 30.3 Å². The number of hydrogen-bond donors (Lipinski definition) is 3. The summed E-state index contributed by atoms with van der Waals surface area (Å²) in [5.74, 6) is -2.13. The standard InChI is InChI=1S/C25H25ClF2N3O7P/c1-14(32)19-11-30(21-8-17(5-6-18(19)21)38-13-39(35,36)37)12-23(33)31-10-16(27)7-22(31)25(34)29-9-15-3-2-4-20(26)24(15)28/h2-6,8,11,16,22H,7,9-10,12-13H2,1H3,(H,29,34)(H2,35,36,37). The number of ketones is 1. The summed E-state index contributed by atoms with van der Waals surface area (Å²) in [6.07, 6.45) is -1.10. The molecule has 208 valence electrons. The number of amides is 2. The van der Waals surface area contributed by atoms with Gasteiger partial charge in [-0.25, -0.2) is 8.78 Å². The largest absolute Gasteiger partial charge is 0.481 e. The second kappa shape index (κ2) is 11.4. The van der Waals surface area contributed by atoms with Crippen LogP contribution in [0.2, 0.25) is 5.02 Å². The molecule has 10 nitrogen and oxygen atoms in total. The minimum atomic E-state index is -4.45. The summed E-state index contributed by atoms with van der Waals surface area (Å²) < 4.78 is 46.3. The second-order valence-corrected chi connectivity index (χ2v) is 11.2. The third kappa shape index (κ3) is 6.65. The van der Waals surface area contributed by atoms with Crippen molar-refractivity contribution in [2.45, 2.75) is 38.6 Å². The normalized spacial score (nSPS) is 17.4. The van der Waals surface area contributed by atoms with Gasteiger partial charge >= 0.3 is 7.60 Å². The molecule has 0 bridgehead atoms. The fourth-order valence-corrected chi connectivity index (χ4v) is 4.97. The first kappa shape index (κ1) is 28.7. The average Bonchev–Trinajstić information content (AvgIpc) is 3.43. The van der Waals surface area contributed by atoms with Gasteiger partial charge in [-0.15, -0.1) is 0 Å². The zero-order valence-corrected chi connectivity index (χ0v) is 22.3. The fraction of sp³-hybridized carbons (Fsp3) is 0.320. The molecule has 1 aliphatic rings.